The highest BCUT2D eigenvalue weighted by molar-refractivity contribution is 5.14. The standard InChI is InChI=1S/C10H19N3/c1-5-8-7(4)12-10(13-8)9(11)6(2)3/h6,9H,5,11H2,1-4H3,(H,12,13). The van der Waals surface area contributed by atoms with Crippen molar-refractivity contribution in [3.05, 3.63) is 17.2 Å². The van der Waals surface area contributed by atoms with Gasteiger partial charge in [0.2, 0.25) is 0 Å². The number of aromatic amines is 1. The molecule has 1 heterocycles. The van der Waals surface area contributed by atoms with Gasteiger partial charge in [-0.3, -0.25) is 0 Å². The molecular formula is C10H19N3. The van der Waals surface area contributed by atoms with Crippen LogP contribution in [0.15, 0.2) is 0 Å². The van der Waals surface area contributed by atoms with Gasteiger partial charge >= 0.3 is 0 Å². The van der Waals surface area contributed by atoms with E-state index in [4.69, 9.17) is 5.73 Å². The molecule has 0 spiro atoms. The van der Waals surface area contributed by atoms with Crippen molar-refractivity contribution in [2.24, 2.45) is 11.7 Å². The lowest BCUT2D eigenvalue weighted by atomic mass is 10.1. The monoisotopic (exact) mass is 181 g/mol. The molecule has 3 nitrogen and oxygen atoms in total. The summed E-state index contributed by atoms with van der Waals surface area (Å²) >= 11 is 0. The van der Waals surface area contributed by atoms with Crippen molar-refractivity contribution in [1.82, 2.24) is 9.97 Å². The molecule has 13 heavy (non-hydrogen) atoms. The molecule has 0 aliphatic carbocycles. The summed E-state index contributed by atoms with van der Waals surface area (Å²) in [7, 11) is 0. The second-order valence-electron chi connectivity index (χ2n) is 3.82. The molecule has 0 aromatic carbocycles. The molecule has 0 bridgehead atoms. The van der Waals surface area contributed by atoms with Crippen LogP contribution >= 0.6 is 0 Å². The SMILES string of the molecule is CCc1nc(C(N)C(C)C)[nH]c1C. The van der Waals surface area contributed by atoms with Crippen LogP contribution in [0.3, 0.4) is 0 Å². The van der Waals surface area contributed by atoms with E-state index < -0.39 is 0 Å². The first-order valence-electron chi connectivity index (χ1n) is 4.87. The minimum atomic E-state index is 0.0269. The molecule has 0 saturated heterocycles. The number of aryl methyl sites for hydroxylation is 2. The Kier molecular flexibility index (Phi) is 3.09. The Balaban J connectivity index is 2.90. The third-order valence-corrected chi connectivity index (χ3v) is 2.37. The van der Waals surface area contributed by atoms with E-state index in [1.807, 2.05) is 6.92 Å². The number of aromatic nitrogens is 2. The number of nitrogens with zero attached hydrogens (tertiary/aromatic N) is 1. The molecule has 74 valence electrons. The first-order valence-corrected chi connectivity index (χ1v) is 4.87. The van der Waals surface area contributed by atoms with Gasteiger partial charge in [0, 0.05) is 5.69 Å². The lowest BCUT2D eigenvalue weighted by molar-refractivity contribution is 0.493. The molecule has 0 amide bonds. The van der Waals surface area contributed by atoms with E-state index in [2.05, 4.69) is 30.7 Å². The van der Waals surface area contributed by atoms with Crippen molar-refractivity contribution in [1.29, 1.82) is 0 Å². The van der Waals surface area contributed by atoms with Gasteiger partial charge in [0.1, 0.15) is 5.82 Å². The third-order valence-electron chi connectivity index (χ3n) is 2.37. The zero-order valence-corrected chi connectivity index (χ0v) is 8.89. The molecule has 0 saturated carbocycles. The van der Waals surface area contributed by atoms with Crippen molar-refractivity contribution in [3.63, 3.8) is 0 Å². The molecule has 1 rings (SSSR count). The Morgan fingerprint density at radius 3 is 2.46 bits per heavy atom. The highest BCUT2D eigenvalue weighted by Gasteiger charge is 2.15. The normalized spacial score (nSPS) is 13.7. The fourth-order valence-corrected chi connectivity index (χ4v) is 1.34. The smallest absolute Gasteiger partial charge is 0.123 e. The Hall–Kier alpha value is -0.830. The van der Waals surface area contributed by atoms with Crippen molar-refractivity contribution >= 4 is 0 Å². The van der Waals surface area contributed by atoms with Crippen LogP contribution in [0, 0.1) is 12.8 Å². The van der Waals surface area contributed by atoms with Gasteiger partial charge in [0.05, 0.1) is 11.7 Å². The van der Waals surface area contributed by atoms with Crippen molar-refractivity contribution in [2.45, 2.75) is 40.2 Å². The fourth-order valence-electron chi connectivity index (χ4n) is 1.34. The number of hydrogen-bond acceptors (Lipinski definition) is 2. The van der Waals surface area contributed by atoms with E-state index in [-0.39, 0.29) is 6.04 Å². The van der Waals surface area contributed by atoms with Gasteiger partial charge in [-0.2, -0.15) is 0 Å². The largest absolute Gasteiger partial charge is 0.345 e. The predicted molar refractivity (Wildman–Crippen MR) is 54.5 cm³/mol. The maximum Gasteiger partial charge on any atom is 0.123 e. The Morgan fingerprint density at radius 2 is 2.08 bits per heavy atom. The quantitative estimate of drug-likeness (QED) is 0.748. The lowest BCUT2D eigenvalue weighted by Crippen LogP contribution is -2.18. The molecule has 1 unspecified atom stereocenters. The molecule has 0 aliphatic rings. The third kappa shape index (κ3) is 2.10. The number of H-pyrrole nitrogens is 1. The van der Waals surface area contributed by atoms with E-state index in [0.717, 1.165) is 23.6 Å². The van der Waals surface area contributed by atoms with Crippen molar-refractivity contribution in [3.8, 4) is 0 Å². The molecule has 1 aromatic heterocycles. The van der Waals surface area contributed by atoms with Crippen LogP contribution in [-0.4, -0.2) is 9.97 Å². The molecule has 3 N–H and O–H groups in total. The fraction of sp³-hybridized carbons (Fsp3) is 0.700. The van der Waals surface area contributed by atoms with Gasteiger partial charge in [-0.15, -0.1) is 0 Å². The topological polar surface area (TPSA) is 54.7 Å². The molecule has 3 heteroatoms. The van der Waals surface area contributed by atoms with Crippen LogP contribution in [0.25, 0.3) is 0 Å². The minimum absolute atomic E-state index is 0.0269. The van der Waals surface area contributed by atoms with E-state index in [1.165, 1.54) is 0 Å². The van der Waals surface area contributed by atoms with E-state index in [1.54, 1.807) is 0 Å². The first kappa shape index (κ1) is 10.3. The molecule has 1 aromatic rings. The summed E-state index contributed by atoms with van der Waals surface area (Å²) in [6.45, 7) is 8.36. The second kappa shape index (κ2) is 3.92. The second-order valence-corrected chi connectivity index (χ2v) is 3.82. The molecular weight excluding hydrogens is 162 g/mol. The van der Waals surface area contributed by atoms with Gasteiger partial charge in [-0.25, -0.2) is 4.98 Å². The Bertz CT molecular complexity index is 276. The first-order chi connectivity index (χ1) is 6.06. The molecule has 1 atom stereocenters. The average Bonchev–Trinajstić information content (AvgIpc) is 2.45. The number of rotatable bonds is 3. The van der Waals surface area contributed by atoms with Crippen LogP contribution in [0.4, 0.5) is 0 Å². The van der Waals surface area contributed by atoms with E-state index >= 15 is 0 Å². The van der Waals surface area contributed by atoms with Gasteiger partial charge in [0.15, 0.2) is 0 Å². The summed E-state index contributed by atoms with van der Waals surface area (Å²) in [6, 6.07) is 0.0269. The highest BCUT2D eigenvalue weighted by atomic mass is 15.0. The van der Waals surface area contributed by atoms with Crippen LogP contribution in [0.1, 0.15) is 44.0 Å². The summed E-state index contributed by atoms with van der Waals surface area (Å²) in [4.78, 5) is 7.71. The number of nitrogens with one attached hydrogen (secondary N) is 1. The van der Waals surface area contributed by atoms with E-state index in [9.17, 15) is 0 Å². The highest BCUT2D eigenvalue weighted by Crippen LogP contribution is 2.17. The van der Waals surface area contributed by atoms with Crippen LogP contribution in [0.5, 0.6) is 0 Å². The van der Waals surface area contributed by atoms with Crippen molar-refractivity contribution < 1.29 is 0 Å². The zero-order chi connectivity index (χ0) is 10.0. The summed E-state index contributed by atoms with van der Waals surface area (Å²) in [5.41, 5.74) is 8.26. The van der Waals surface area contributed by atoms with Crippen LogP contribution in [0.2, 0.25) is 0 Å². The molecule has 0 fully saturated rings. The number of imidazole rings is 1. The summed E-state index contributed by atoms with van der Waals surface area (Å²) in [5.74, 6) is 1.35. The molecule has 0 radical (unpaired) electrons. The number of nitrogens with two attached hydrogens (primary N) is 1. The average molecular weight is 181 g/mol. The van der Waals surface area contributed by atoms with Gasteiger partial charge in [-0.1, -0.05) is 20.8 Å². The molecule has 0 aliphatic heterocycles. The van der Waals surface area contributed by atoms with Gasteiger partial charge in [0.25, 0.3) is 0 Å². The minimum Gasteiger partial charge on any atom is -0.345 e. The van der Waals surface area contributed by atoms with E-state index in [0.29, 0.717) is 5.92 Å². The summed E-state index contributed by atoms with van der Waals surface area (Å²) in [5, 5.41) is 0. The van der Waals surface area contributed by atoms with Crippen LogP contribution < -0.4 is 5.73 Å². The zero-order valence-electron chi connectivity index (χ0n) is 8.89. The van der Waals surface area contributed by atoms with Gasteiger partial charge in [-0.05, 0) is 19.3 Å². The lowest BCUT2D eigenvalue weighted by Gasteiger charge is -2.11. The maximum absolute atomic E-state index is 5.98. The Morgan fingerprint density at radius 1 is 1.46 bits per heavy atom. The summed E-state index contributed by atoms with van der Waals surface area (Å²) < 4.78 is 0. The van der Waals surface area contributed by atoms with Crippen molar-refractivity contribution in [2.75, 3.05) is 0 Å². The maximum atomic E-state index is 5.98. The predicted octanol–water partition coefficient (Wildman–Crippen LogP) is 1.94. The summed E-state index contributed by atoms with van der Waals surface area (Å²) in [6.07, 6.45) is 0.965. The van der Waals surface area contributed by atoms with Gasteiger partial charge < -0.3 is 10.7 Å². The van der Waals surface area contributed by atoms with Crippen LogP contribution in [-0.2, 0) is 6.42 Å². The number of hydrogen-bond donors (Lipinski definition) is 2. The Labute approximate surface area is 79.8 Å².